The van der Waals surface area contributed by atoms with Crippen LogP contribution >= 0.6 is 11.3 Å². The Bertz CT molecular complexity index is 568. The maximum Gasteiger partial charge on any atom is 0.0958 e. The van der Waals surface area contributed by atoms with E-state index in [4.69, 9.17) is 5.73 Å². The molecule has 2 aromatic heterocycles. The summed E-state index contributed by atoms with van der Waals surface area (Å²) in [4.78, 5) is 5.99. The Labute approximate surface area is 118 Å². The minimum Gasteiger partial charge on any atom is -0.326 e. The van der Waals surface area contributed by atoms with Crippen molar-refractivity contribution < 1.29 is 0 Å². The van der Waals surface area contributed by atoms with Crippen LogP contribution in [0.5, 0.6) is 0 Å². The molecular weight excluding hydrogens is 254 g/mol. The zero-order valence-electron chi connectivity index (χ0n) is 11.6. The van der Waals surface area contributed by atoms with Gasteiger partial charge in [0.25, 0.3) is 0 Å². The number of aromatic nitrogens is 2. The topological polar surface area (TPSA) is 43.8 Å². The van der Waals surface area contributed by atoms with Gasteiger partial charge in [-0.25, -0.2) is 4.98 Å². The normalized spacial score (nSPS) is 18.1. The number of nitrogens with zero attached hydrogens (tertiary/aromatic N) is 2. The van der Waals surface area contributed by atoms with Gasteiger partial charge in [0.1, 0.15) is 0 Å². The van der Waals surface area contributed by atoms with E-state index in [2.05, 4.69) is 34.8 Å². The predicted octanol–water partition coefficient (Wildman–Crippen LogP) is 3.07. The number of fused-ring (bicyclic) bond motifs is 1. The van der Waals surface area contributed by atoms with E-state index in [1.807, 2.05) is 6.33 Å². The van der Waals surface area contributed by atoms with Crippen LogP contribution in [0.15, 0.2) is 17.8 Å². The second-order valence-electron chi connectivity index (χ2n) is 5.52. The van der Waals surface area contributed by atoms with Crippen LogP contribution in [-0.4, -0.2) is 15.6 Å². The van der Waals surface area contributed by atoms with Crippen LogP contribution in [0.1, 0.15) is 47.6 Å². The Kier molecular flexibility index (Phi) is 3.46. The Morgan fingerprint density at radius 2 is 2.16 bits per heavy atom. The molecule has 3 nitrogen and oxygen atoms in total. The van der Waals surface area contributed by atoms with Gasteiger partial charge < -0.3 is 10.3 Å². The van der Waals surface area contributed by atoms with Crippen LogP contribution < -0.4 is 5.73 Å². The molecule has 2 heterocycles. The first-order valence-electron chi connectivity index (χ1n) is 7.02. The van der Waals surface area contributed by atoms with Crippen molar-refractivity contribution in [2.75, 3.05) is 0 Å². The summed E-state index contributed by atoms with van der Waals surface area (Å²) < 4.78 is 2.33. The monoisotopic (exact) mass is 275 g/mol. The fraction of sp³-hybridized carbons (Fsp3) is 0.533. The van der Waals surface area contributed by atoms with Crippen molar-refractivity contribution in [3.63, 3.8) is 0 Å². The molecule has 19 heavy (non-hydrogen) atoms. The van der Waals surface area contributed by atoms with Crippen LogP contribution in [0.3, 0.4) is 0 Å². The number of rotatable bonds is 3. The highest BCUT2D eigenvalue weighted by atomic mass is 32.1. The molecule has 2 aromatic rings. The van der Waals surface area contributed by atoms with Gasteiger partial charge >= 0.3 is 0 Å². The first-order chi connectivity index (χ1) is 9.18. The van der Waals surface area contributed by atoms with Crippen LogP contribution in [0.4, 0.5) is 0 Å². The van der Waals surface area contributed by atoms with E-state index >= 15 is 0 Å². The highest BCUT2D eigenvalue weighted by molar-refractivity contribution is 7.10. The molecule has 0 saturated heterocycles. The number of aryl methyl sites for hydroxylation is 2. The Morgan fingerprint density at radius 3 is 2.84 bits per heavy atom. The van der Waals surface area contributed by atoms with Crippen LogP contribution in [-0.2, 0) is 12.8 Å². The smallest absolute Gasteiger partial charge is 0.0958 e. The minimum absolute atomic E-state index is 0.0950. The van der Waals surface area contributed by atoms with Crippen LogP contribution in [0, 0.1) is 6.92 Å². The second-order valence-corrected chi connectivity index (χ2v) is 6.47. The van der Waals surface area contributed by atoms with E-state index in [0.29, 0.717) is 0 Å². The highest BCUT2D eigenvalue weighted by Crippen LogP contribution is 2.32. The number of imidazole rings is 1. The lowest BCUT2D eigenvalue weighted by molar-refractivity contribution is 0.478. The highest BCUT2D eigenvalue weighted by Gasteiger charge is 2.26. The molecule has 2 N–H and O–H groups in total. The summed E-state index contributed by atoms with van der Waals surface area (Å²) in [7, 11) is 0. The molecule has 102 valence electrons. The Hall–Kier alpha value is -1.13. The van der Waals surface area contributed by atoms with Crippen LogP contribution in [0.2, 0.25) is 0 Å². The van der Waals surface area contributed by atoms with E-state index < -0.39 is 0 Å². The molecule has 0 spiro atoms. The Balaban J connectivity index is 2.06. The summed E-state index contributed by atoms with van der Waals surface area (Å²) in [6.45, 7) is 4.27. The molecule has 1 aliphatic rings. The first kappa shape index (κ1) is 12.9. The summed E-state index contributed by atoms with van der Waals surface area (Å²) in [6, 6.07) is 2.51. The third-order valence-electron chi connectivity index (χ3n) is 4.03. The molecule has 0 bridgehead atoms. The molecule has 1 aliphatic carbocycles. The van der Waals surface area contributed by atoms with E-state index in [-0.39, 0.29) is 12.1 Å². The van der Waals surface area contributed by atoms with Gasteiger partial charge in [0.15, 0.2) is 0 Å². The first-order valence-corrected chi connectivity index (χ1v) is 7.90. The molecule has 0 aromatic carbocycles. The predicted molar refractivity (Wildman–Crippen MR) is 79.7 cm³/mol. The van der Waals surface area contributed by atoms with E-state index in [9.17, 15) is 0 Å². The van der Waals surface area contributed by atoms with Crippen molar-refractivity contribution in [2.24, 2.45) is 5.73 Å². The fourth-order valence-corrected chi connectivity index (χ4v) is 4.18. The Morgan fingerprint density at radius 1 is 1.37 bits per heavy atom. The zero-order chi connectivity index (χ0) is 13.4. The summed E-state index contributed by atoms with van der Waals surface area (Å²) in [5.74, 6) is 0. The largest absolute Gasteiger partial charge is 0.326 e. The van der Waals surface area contributed by atoms with Gasteiger partial charge in [-0.05, 0) is 56.5 Å². The molecular formula is C15H21N3S. The lowest BCUT2D eigenvalue weighted by Crippen LogP contribution is -2.31. The lowest BCUT2D eigenvalue weighted by Gasteiger charge is -2.26. The fourth-order valence-electron chi connectivity index (χ4n) is 3.04. The average Bonchev–Trinajstić information content (AvgIpc) is 2.98. The maximum atomic E-state index is 6.28. The van der Waals surface area contributed by atoms with Crippen molar-refractivity contribution in [3.05, 3.63) is 39.6 Å². The second kappa shape index (κ2) is 5.10. The van der Waals surface area contributed by atoms with Gasteiger partial charge in [0.2, 0.25) is 0 Å². The third-order valence-corrected chi connectivity index (χ3v) is 5.12. The van der Waals surface area contributed by atoms with Gasteiger partial charge in [-0.3, -0.25) is 0 Å². The SMILES string of the molecule is Cc1ccsc1C(C(C)N)n1cnc2c1CCCC2. The van der Waals surface area contributed by atoms with E-state index in [1.165, 1.54) is 34.7 Å². The number of hydrogen-bond acceptors (Lipinski definition) is 3. The molecule has 0 radical (unpaired) electrons. The molecule has 2 atom stereocenters. The van der Waals surface area contributed by atoms with Gasteiger partial charge in [-0.1, -0.05) is 0 Å². The zero-order valence-corrected chi connectivity index (χ0v) is 12.4. The van der Waals surface area contributed by atoms with E-state index in [0.717, 1.165) is 12.8 Å². The van der Waals surface area contributed by atoms with Gasteiger partial charge in [0, 0.05) is 16.6 Å². The van der Waals surface area contributed by atoms with Crippen molar-refractivity contribution in [3.8, 4) is 0 Å². The van der Waals surface area contributed by atoms with E-state index in [1.54, 1.807) is 11.3 Å². The molecule has 0 fully saturated rings. The molecule has 2 unspecified atom stereocenters. The van der Waals surface area contributed by atoms with Crippen molar-refractivity contribution in [1.29, 1.82) is 0 Å². The number of nitrogens with two attached hydrogens (primary N) is 1. The third kappa shape index (κ3) is 2.23. The molecule has 0 saturated carbocycles. The molecule has 0 amide bonds. The van der Waals surface area contributed by atoms with Gasteiger partial charge in [-0.15, -0.1) is 11.3 Å². The summed E-state index contributed by atoms with van der Waals surface area (Å²) in [5, 5.41) is 2.16. The summed E-state index contributed by atoms with van der Waals surface area (Å²) in [5.41, 5.74) is 10.3. The lowest BCUT2D eigenvalue weighted by atomic mass is 9.99. The quantitative estimate of drug-likeness (QED) is 0.935. The minimum atomic E-state index is 0.0950. The van der Waals surface area contributed by atoms with Gasteiger partial charge in [-0.2, -0.15) is 0 Å². The molecule has 4 heteroatoms. The van der Waals surface area contributed by atoms with Crippen molar-refractivity contribution in [2.45, 2.75) is 51.6 Å². The van der Waals surface area contributed by atoms with Crippen LogP contribution in [0.25, 0.3) is 0 Å². The molecule has 0 aliphatic heterocycles. The van der Waals surface area contributed by atoms with Crippen molar-refractivity contribution >= 4 is 11.3 Å². The van der Waals surface area contributed by atoms with Gasteiger partial charge in [0.05, 0.1) is 18.1 Å². The maximum absolute atomic E-state index is 6.28. The number of thiophene rings is 1. The van der Waals surface area contributed by atoms with Crippen molar-refractivity contribution in [1.82, 2.24) is 9.55 Å². The average molecular weight is 275 g/mol. The molecule has 3 rings (SSSR count). The summed E-state index contributed by atoms with van der Waals surface area (Å²) >= 11 is 1.81. The number of hydrogen-bond donors (Lipinski definition) is 1. The standard InChI is InChI=1S/C15H21N3S/c1-10-7-8-19-15(10)14(11(2)16)18-9-17-12-5-3-4-6-13(12)18/h7-9,11,14H,3-6,16H2,1-2H3. The summed E-state index contributed by atoms with van der Waals surface area (Å²) in [6.07, 6.45) is 6.81.